The number of pyridine rings is 1. The zero-order valence-electron chi connectivity index (χ0n) is 12.5. The predicted octanol–water partition coefficient (Wildman–Crippen LogP) is 2.86. The van der Waals surface area contributed by atoms with Gasteiger partial charge in [-0.25, -0.2) is 4.98 Å². The zero-order chi connectivity index (χ0) is 15.3. The maximum Gasteiger partial charge on any atom is 0.253 e. The highest BCUT2D eigenvalue weighted by Gasteiger charge is 2.37. The van der Waals surface area contributed by atoms with E-state index in [1.165, 1.54) is 6.20 Å². The van der Waals surface area contributed by atoms with Crippen LogP contribution >= 0.6 is 11.6 Å². The van der Waals surface area contributed by atoms with Crippen molar-refractivity contribution in [3.8, 4) is 0 Å². The average molecular weight is 312 g/mol. The third-order valence-corrected chi connectivity index (χ3v) is 4.23. The summed E-state index contributed by atoms with van der Waals surface area (Å²) in [6.45, 7) is 3.39. The number of rotatable bonds is 7. The molecule has 0 spiro atoms. The standard InChI is InChI=1S/C15H22ClN3O2/c1-3-7-17-13-8-11(12(16)9-18-13)14(20)19-10-15(21-2)5-4-6-15/h8-9H,3-7,10H2,1-2H3,(H,17,18)(H,19,20). The van der Waals surface area contributed by atoms with E-state index in [1.54, 1.807) is 13.2 Å². The number of amides is 1. The van der Waals surface area contributed by atoms with E-state index in [2.05, 4.69) is 22.5 Å². The molecule has 1 saturated carbocycles. The van der Waals surface area contributed by atoms with Crippen LogP contribution in [0.5, 0.6) is 0 Å². The van der Waals surface area contributed by atoms with Gasteiger partial charge >= 0.3 is 0 Å². The SMILES string of the molecule is CCCNc1cc(C(=O)NCC2(OC)CCC2)c(Cl)cn1. The van der Waals surface area contributed by atoms with Crippen molar-refractivity contribution in [1.29, 1.82) is 0 Å². The fourth-order valence-corrected chi connectivity index (χ4v) is 2.51. The summed E-state index contributed by atoms with van der Waals surface area (Å²) in [6, 6.07) is 1.69. The molecule has 6 heteroatoms. The highest BCUT2D eigenvalue weighted by atomic mass is 35.5. The van der Waals surface area contributed by atoms with Gasteiger partial charge in [0.15, 0.2) is 0 Å². The first-order chi connectivity index (χ1) is 10.1. The van der Waals surface area contributed by atoms with Crippen molar-refractivity contribution in [3.63, 3.8) is 0 Å². The van der Waals surface area contributed by atoms with Gasteiger partial charge in [-0.1, -0.05) is 18.5 Å². The van der Waals surface area contributed by atoms with Crippen LogP contribution in [0.1, 0.15) is 43.0 Å². The quantitative estimate of drug-likeness (QED) is 0.813. The van der Waals surface area contributed by atoms with Crippen molar-refractivity contribution in [2.45, 2.75) is 38.2 Å². The Bertz CT molecular complexity index is 498. The van der Waals surface area contributed by atoms with Crippen molar-refractivity contribution >= 4 is 23.3 Å². The Morgan fingerprint density at radius 3 is 2.86 bits per heavy atom. The molecule has 116 valence electrons. The van der Waals surface area contributed by atoms with Crippen LogP contribution < -0.4 is 10.6 Å². The van der Waals surface area contributed by atoms with Crippen LogP contribution in [0, 0.1) is 0 Å². The maximum atomic E-state index is 12.3. The lowest BCUT2D eigenvalue weighted by Gasteiger charge is -2.40. The van der Waals surface area contributed by atoms with Crippen molar-refractivity contribution < 1.29 is 9.53 Å². The number of ether oxygens (including phenoxy) is 1. The number of nitrogens with one attached hydrogen (secondary N) is 2. The molecule has 0 aromatic carbocycles. The molecule has 0 bridgehead atoms. The second-order valence-electron chi connectivity index (χ2n) is 5.40. The first kappa shape index (κ1) is 16.0. The molecular weight excluding hydrogens is 290 g/mol. The second kappa shape index (κ2) is 7.09. The minimum Gasteiger partial charge on any atom is -0.376 e. The molecule has 0 aliphatic heterocycles. The molecule has 1 amide bonds. The number of methoxy groups -OCH3 is 1. The molecular formula is C15H22ClN3O2. The highest BCUT2D eigenvalue weighted by Crippen LogP contribution is 2.34. The van der Waals surface area contributed by atoms with E-state index in [0.717, 1.165) is 32.2 Å². The molecule has 1 aliphatic rings. The number of halogens is 1. The Hall–Kier alpha value is -1.33. The molecule has 1 aromatic rings. The predicted molar refractivity (Wildman–Crippen MR) is 84.0 cm³/mol. The number of carbonyl (C=O) groups is 1. The van der Waals surface area contributed by atoms with Crippen LogP contribution in [0.3, 0.4) is 0 Å². The van der Waals surface area contributed by atoms with Gasteiger partial charge < -0.3 is 15.4 Å². The third kappa shape index (κ3) is 3.86. The number of nitrogens with zero attached hydrogens (tertiary/aromatic N) is 1. The molecule has 5 nitrogen and oxygen atoms in total. The van der Waals surface area contributed by atoms with E-state index in [4.69, 9.17) is 16.3 Å². The molecule has 2 rings (SSSR count). The lowest BCUT2D eigenvalue weighted by molar-refractivity contribution is -0.0679. The fourth-order valence-electron chi connectivity index (χ4n) is 2.32. The summed E-state index contributed by atoms with van der Waals surface area (Å²) in [5.74, 6) is 0.474. The summed E-state index contributed by atoms with van der Waals surface area (Å²) < 4.78 is 5.49. The molecule has 0 unspecified atom stereocenters. The molecule has 1 aliphatic carbocycles. The molecule has 2 N–H and O–H groups in total. The second-order valence-corrected chi connectivity index (χ2v) is 5.81. The van der Waals surface area contributed by atoms with Crippen molar-refractivity contribution in [3.05, 3.63) is 22.8 Å². The normalized spacial score (nSPS) is 16.1. The van der Waals surface area contributed by atoms with Gasteiger partial charge in [0, 0.05) is 26.4 Å². The van der Waals surface area contributed by atoms with E-state index < -0.39 is 0 Å². The van der Waals surface area contributed by atoms with Gasteiger partial charge in [0.1, 0.15) is 5.82 Å². The molecule has 0 radical (unpaired) electrons. The van der Waals surface area contributed by atoms with Gasteiger partial charge in [-0.2, -0.15) is 0 Å². The first-order valence-corrected chi connectivity index (χ1v) is 7.71. The van der Waals surface area contributed by atoms with E-state index in [9.17, 15) is 4.79 Å². The Labute approximate surface area is 130 Å². The topological polar surface area (TPSA) is 63.2 Å². The van der Waals surface area contributed by atoms with Crippen molar-refractivity contribution in [2.24, 2.45) is 0 Å². The van der Waals surface area contributed by atoms with E-state index in [1.807, 2.05) is 0 Å². The maximum absolute atomic E-state index is 12.3. The summed E-state index contributed by atoms with van der Waals surface area (Å²) in [5.41, 5.74) is 0.245. The van der Waals surface area contributed by atoms with E-state index >= 15 is 0 Å². The van der Waals surface area contributed by atoms with Crippen LogP contribution in [-0.2, 0) is 4.74 Å². The van der Waals surface area contributed by atoms with Crippen molar-refractivity contribution in [2.75, 3.05) is 25.5 Å². The summed E-state index contributed by atoms with van der Waals surface area (Å²) in [4.78, 5) is 16.5. The van der Waals surface area contributed by atoms with Crippen LogP contribution in [0.25, 0.3) is 0 Å². The Morgan fingerprint density at radius 1 is 1.52 bits per heavy atom. The summed E-state index contributed by atoms with van der Waals surface area (Å²) in [6.07, 6.45) is 5.60. The summed E-state index contributed by atoms with van der Waals surface area (Å²) >= 11 is 6.07. The minimum atomic E-state index is -0.196. The van der Waals surface area contributed by atoms with E-state index in [0.29, 0.717) is 22.9 Å². The molecule has 1 heterocycles. The largest absolute Gasteiger partial charge is 0.376 e. The minimum absolute atomic E-state index is 0.190. The molecule has 1 fully saturated rings. The van der Waals surface area contributed by atoms with Crippen molar-refractivity contribution in [1.82, 2.24) is 10.3 Å². The lowest BCUT2D eigenvalue weighted by Crippen LogP contribution is -2.49. The Balaban J connectivity index is 2.00. The van der Waals surface area contributed by atoms with Crippen LogP contribution in [0.2, 0.25) is 5.02 Å². The van der Waals surface area contributed by atoms with Gasteiger partial charge in [0.05, 0.1) is 16.2 Å². The van der Waals surface area contributed by atoms with Gasteiger partial charge in [-0.3, -0.25) is 4.79 Å². The molecule has 1 aromatic heterocycles. The summed E-state index contributed by atoms with van der Waals surface area (Å²) in [5, 5.41) is 6.42. The van der Waals surface area contributed by atoms with Gasteiger partial charge in [-0.15, -0.1) is 0 Å². The third-order valence-electron chi connectivity index (χ3n) is 3.92. The van der Waals surface area contributed by atoms with Crippen LogP contribution in [0.15, 0.2) is 12.3 Å². The van der Waals surface area contributed by atoms with Crippen LogP contribution in [0.4, 0.5) is 5.82 Å². The molecule has 0 atom stereocenters. The lowest BCUT2D eigenvalue weighted by atomic mass is 9.80. The number of hydrogen-bond acceptors (Lipinski definition) is 4. The molecule has 0 saturated heterocycles. The first-order valence-electron chi connectivity index (χ1n) is 7.33. The smallest absolute Gasteiger partial charge is 0.253 e. The number of hydrogen-bond donors (Lipinski definition) is 2. The van der Waals surface area contributed by atoms with Gasteiger partial charge in [0.25, 0.3) is 5.91 Å². The Kier molecular flexibility index (Phi) is 5.42. The Morgan fingerprint density at radius 2 is 2.29 bits per heavy atom. The number of aromatic nitrogens is 1. The zero-order valence-corrected chi connectivity index (χ0v) is 13.3. The summed E-state index contributed by atoms with van der Waals surface area (Å²) in [7, 11) is 1.69. The monoisotopic (exact) mass is 311 g/mol. The van der Waals surface area contributed by atoms with Gasteiger partial charge in [0.2, 0.25) is 0 Å². The average Bonchev–Trinajstić information content (AvgIpc) is 2.45. The number of anilines is 1. The highest BCUT2D eigenvalue weighted by molar-refractivity contribution is 6.33. The molecule has 21 heavy (non-hydrogen) atoms. The van der Waals surface area contributed by atoms with E-state index in [-0.39, 0.29) is 11.5 Å². The fraction of sp³-hybridized carbons (Fsp3) is 0.600. The van der Waals surface area contributed by atoms with Gasteiger partial charge in [-0.05, 0) is 31.7 Å². The van der Waals surface area contributed by atoms with Crippen LogP contribution in [-0.4, -0.2) is 36.7 Å². The number of carbonyl (C=O) groups excluding carboxylic acids is 1.